The second kappa shape index (κ2) is 6.17. The van der Waals surface area contributed by atoms with E-state index in [1.165, 1.54) is 12.1 Å². The van der Waals surface area contributed by atoms with Crippen LogP contribution in [0.4, 0.5) is 8.78 Å². The molecule has 0 saturated heterocycles. The molecule has 0 radical (unpaired) electrons. The molecule has 1 heterocycles. The predicted octanol–water partition coefficient (Wildman–Crippen LogP) is 2.97. The fourth-order valence-corrected chi connectivity index (χ4v) is 2.38. The minimum Gasteiger partial charge on any atom is -0.487 e. The summed E-state index contributed by atoms with van der Waals surface area (Å²) in [6.07, 6.45) is 1.65. The number of aromatic nitrogens is 1. The molecule has 1 aromatic heterocycles. The second-order valence-electron chi connectivity index (χ2n) is 4.33. The molecule has 0 aliphatic heterocycles. The van der Waals surface area contributed by atoms with Gasteiger partial charge in [0.1, 0.15) is 12.4 Å². The molecule has 2 aromatic rings. The first-order valence-electron chi connectivity index (χ1n) is 6.06. The Kier molecular flexibility index (Phi) is 4.52. The lowest BCUT2D eigenvalue weighted by Crippen LogP contribution is -2.11. The van der Waals surface area contributed by atoms with E-state index in [9.17, 15) is 17.2 Å². The van der Waals surface area contributed by atoms with Crippen molar-refractivity contribution in [3.05, 3.63) is 53.9 Å². The Morgan fingerprint density at radius 1 is 1.19 bits per heavy atom. The van der Waals surface area contributed by atoms with Crippen LogP contribution >= 0.6 is 0 Å². The van der Waals surface area contributed by atoms with Gasteiger partial charge in [-0.2, -0.15) is 8.78 Å². The number of nitrogens with zero attached hydrogens (tertiary/aromatic N) is 1. The standard InChI is InChI=1S/C14H13F2NO3S/c1-10-13(3-2-8-17-10)20-9-11-4-6-12(7-5-11)21(18,19)14(15)16/h2-8,14H,9H2,1H3. The van der Waals surface area contributed by atoms with Crippen LogP contribution in [0.3, 0.4) is 0 Å². The average molecular weight is 313 g/mol. The number of hydrogen-bond acceptors (Lipinski definition) is 4. The summed E-state index contributed by atoms with van der Waals surface area (Å²) in [6, 6.07) is 8.69. The molecule has 1 aromatic carbocycles. The minimum absolute atomic E-state index is 0.196. The summed E-state index contributed by atoms with van der Waals surface area (Å²) < 4.78 is 52.9. The molecule has 0 aliphatic carbocycles. The minimum atomic E-state index is -4.55. The van der Waals surface area contributed by atoms with Crippen LogP contribution in [0.15, 0.2) is 47.5 Å². The van der Waals surface area contributed by atoms with Gasteiger partial charge < -0.3 is 4.74 Å². The molecule has 0 unspecified atom stereocenters. The number of ether oxygens (including phenoxy) is 1. The predicted molar refractivity (Wildman–Crippen MR) is 72.9 cm³/mol. The van der Waals surface area contributed by atoms with Gasteiger partial charge in [-0.1, -0.05) is 12.1 Å². The monoisotopic (exact) mass is 313 g/mol. The Balaban J connectivity index is 2.09. The molecule has 0 atom stereocenters. The number of benzene rings is 1. The molecular formula is C14H13F2NO3S. The lowest BCUT2D eigenvalue weighted by atomic mass is 10.2. The fourth-order valence-electron chi connectivity index (χ4n) is 1.66. The zero-order chi connectivity index (χ0) is 15.5. The van der Waals surface area contributed by atoms with E-state index in [2.05, 4.69) is 4.98 Å². The van der Waals surface area contributed by atoms with E-state index in [1.807, 2.05) is 0 Å². The van der Waals surface area contributed by atoms with Crippen molar-refractivity contribution in [1.82, 2.24) is 4.98 Å². The SMILES string of the molecule is Cc1ncccc1OCc1ccc(S(=O)(=O)C(F)F)cc1. The van der Waals surface area contributed by atoms with E-state index in [-0.39, 0.29) is 6.61 Å². The van der Waals surface area contributed by atoms with Crippen LogP contribution in [0.2, 0.25) is 0 Å². The van der Waals surface area contributed by atoms with Crippen molar-refractivity contribution >= 4 is 9.84 Å². The Hall–Kier alpha value is -2.02. The lowest BCUT2D eigenvalue weighted by molar-refractivity contribution is 0.234. The van der Waals surface area contributed by atoms with E-state index in [1.54, 1.807) is 25.3 Å². The maximum Gasteiger partial charge on any atom is 0.341 e. The topological polar surface area (TPSA) is 56.3 Å². The summed E-state index contributed by atoms with van der Waals surface area (Å²) in [6.45, 7) is 2.00. The van der Waals surface area contributed by atoms with Crippen LogP contribution < -0.4 is 4.74 Å². The first-order valence-corrected chi connectivity index (χ1v) is 7.61. The van der Waals surface area contributed by atoms with Gasteiger partial charge in [-0.25, -0.2) is 8.42 Å². The molecule has 0 fully saturated rings. The summed E-state index contributed by atoms with van der Waals surface area (Å²) in [5.74, 6) is -2.81. The van der Waals surface area contributed by atoms with Crippen LogP contribution in [0.25, 0.3) is 0 Å². The molecule has 112 valence electrons. The largest absolute Gasteiger partial charge is 0.487 e. The maximum absolute atomic E-state index is 12.4. The van der Waals surface area contributed by atoms with Crippen molar-refractivity contribution in [3.63, 3.8) is 0 Å². The Morgan fingerprint density at radius 2 is 1.86 bits per heavy atom. The van der Waals surface area contributed by atoms with E-state index in [4.69, 9.17) is 4.74 Å². The number of halogens is 2. The first-order chi connectivity index (χ1) is 9.91. The first kappa shape index (κ1) is 15.4. The summed E-state index contributed by atoms with van der Waals surface area (Å²) in [5.41, 5.74) is 1.40. The molecular weight excluding hydrogens is 300 g/mol. The van der Waals surface area contributed by atoms with Crippen molar-refractivity contribution in [2.75, 3.05) is 0 Å². The third-order valence-corrected chi connectivity index (χ3v) is 4.24. The second-order valence-corrected chi connectivity index (χ2v) is 6.24. The summed E-state index contributed by atoms with van der Waals surface area (Å²) in [7, 11) is -4.55. The third kappa shape index (κ3) is 3.55. The molecule has 0 aliphatic rings. The van der Waals surface area contributed by atoms with Crippen molar-refractivity contribution in [2.45, 2.75) is 24.2 Å². The van der Waals surface area contributed by atoms with Crippen molar-refractivity contribution in [3.8, 4) is 5.75 Å². The number of sulfone groups is 1. The molecule has 0 amide bonds. The van der Waals surface area contributed by atoms with Crippen LogP contribution in [-0.2, 0) is 16.4 Å². The summed E-state index contributed by atoms with van der Waals surface area (Å²) in [5, 5.41) is 0. The zero-order valence-electron chi connectivity index (χ0n) is 11.2. The van der Waals surface area contributed by atoms with Gasteiger partial charge in [0, 0.05) is 6.20 Å². The van der Waals surface area contributed by atoms with E-state index < -0.39 is 20.5 Å². The number of rotatable bonds is 5. The molecule has 4 nitrogen and oxygen atoms in total. The van der Waals surface area contributed by atoms with Gasteiger partial charge in [-0.15, -0.1) is 0 Å². The van der Waals surface area contributed by atoms with E-state index >= 15 is 0 Å². The Morgan fingerprint density at radius 3 is 2.43 bits per heavy atom. The highest BCUT2D eigenvalue weighted by Crippen LogP contribution is 2.20. The fraction of sp³-hybridized carbons (Fsp3) is 0.214. The van der Waals surface area contributed by atoms with Crippen molar-refractivity contribution in [1.29, 1.82) is 0 Å². The Labute approximate surface area is 121 Å². The van der Waals surface area contributed by atoms with Gasteiger partial charge in [-0.05, 0) is 36.8 Å². The number of hydrogen-bond donors (Lipinski definition) is 0. The molecule has 21 heavy (non-hydrogen) atoms. The van der Waals surface area contributed by atoms with E-state index in [0.717, 1.165) is 17.8 Å². The third-order valence-electron chi connectivity index (χ3n) is 2.84. The maximum atomic E-state index is 12.4. The molecule has 0 spiro atoms. The number of aryl methyl sites for hydroxylation is 1. The quantitative estimate of drug-likeness (QED) is 0.851. The molecule has 0 N–H and O–H groups in total. The normalized spacial score (nSPS) is 11.6. The van der Waals surface area contributed by atoms with Gasteiger partial charge in [0.05, 0.1) is 10.6 Å². The van der Waals surface area contributed by atoms with Gasteiger partial charge >= 0.3 is 5.76 Å². The van der Waals surface area contributed by atoms with Crippen LogP contribution in [0.1, 0.15) is 11.3 Å². The van der Waals surface area contributed by atoms with E-state index in [0.29, 0.717) is 11.3 Å². The highest BCUT2D eigenvalue weighted by molar-refractivity contribution is 7.91. The summed E-state index contributed by atoms with van der Waals surface area (Å²) in [4.78, 5) is 3.67. The smallest absolute Gasteiger partial charge is 0.341 e. The molecule has 0 bridgehead atoms. The highest BCUT2D eigenvalue weighted by Gasteiger charge is 2.26. The Bertz CT molecular complexity index is 715. The number of alkyl halides is 2. The van der Waals surface area contributed by atoms with Crippen LogP contribution in [-0.4, -0.2) is 19.2 Å². The van der Waals surface area contributed by atoms with Crippen LogP contribution in [0, 0.1) is 6.92 Å². The zero-order valence-corrected chi connectivity index (χ0v) is 12.0. The van der Waals surface area contributed by atoms with Gasteiger partial charge in [0.25, 0.3) is 0 Å². The van der Waals surface area contributed by atoms with Gasteiger partial charge in [-0.3, -0.25) is 4.98 Å². The van der Waals surface area contributed by atoms with Crippen molar-refractivity contribution in [2.24, 2.45) is 0 Å². The number of pyridine rings is 1. The van der Waals surface area contributed by atoms with Crippen LogP contribution in [0.5, 0.6) is 5.75 Å². The van der Waals surface area contributed by atoms with Gasteiger partial charge in [0.2, 0.25) is 9.84 Å². The van der Waals surface area contributed by atoms with Crippen molar-refractivity contribution < 1.29 is 21.9 Å². The summed E-state index contributed by atoms with van der Waals surface area (Å²) >= 11 is 0. The molecule has 0 saturated carbocycles. The molecule has 7 heteroatoms. The molecule has 2 rings (SSSR count). The lowest BCUT2D eigenvalue weighted by Gasteiger charge is -2.09. The average Bonchev–Trinajstić information content (AvgIpc) is 2.46. The highest BCUT2D eigenvalue weighted by atomic mass is 32.2. The van der Waals surface area contributed by atoms with Gasteiger partial charge in [0.15, 0.2) is 0 Å².